The van der Waals surface area contributed by atoms with Crippen molar-refractivity contribution in [1.82, 2.24) is 4.90 Å². The molecule has 0 saturated heterocycles. The molecule has 0 aliphatic carbocycles. The van der Waals surface area contributed by atoms with E-state index < -0.39 is 0 Å². The first-order chi connectivity index (χ1) is 8.97. The Balaban J connectivity index is 2.17. The Hall–Kier alpha value is -1.55. The second kappa shape index (κ2) is 5.61. The first-order valence-electron chi connectivity index (χ1n) is 6.03. The normalized spacial score (nSPS) is 10.5. The van der Waals surface area contributed by atoms with E-state index in [4.69, 9.17) is 4.42 Å². The van der Waals surface area contributed by atoms with Crippen LogP contribution in [0.1, 0.15) is 27.2 Å². The van der Waals surface area contributed by atoms with Crippen LogP contribution in [0.5, 0.6) is 0 Å². The maximum absolute atomic E-state index is 12.4. The molecule has 3 nitrogen and oxygen atoms in total. The summed E-state index contributed by atoms with van der Waals surface area (Å²) in [6.45, 7) is 4.42. The Labute approximate surface area is 121 Å². The van der Waals surface area contributed by atoms with E-state index in [1.807, 2.05) is 38.1 Å². The van der Waals surface area contributed by atoms with Gasteiger partial charge in [0.05, 0.1) is 6.26 Å². The van der Waals surface area contributed by atoms with Crippen LogP contribution < -0.4 is 0 Å². The highest BCUT2D eigenvalue weighted by molar-refractivity contribution is 9.10. The van der Waals surface area contributed by atoms with Crippen molar-refractivity contribution < 1.29 is 9.21 Å². The van der Waals surface area contributed by atoms with Crippen LogP contribution in [0.4, 0.5) is 0 Å². The van der Waals surface area contributed by atoms with E-state index in [0.29, 0.717) is 12.1 Å². The van der Waals surface area contributed by atoms with Gasteiger partial charge in [-0.25, -0.2) is 0 Å². The largest absolute Gasteiger partial charge is 0.469 e. The van der Waals surface area contributed by atoms with Crippen molar-refractivity contribution in [3.05, 3.63) is 57.5 Å². The van der Waals surface area contributed by atoms with E-state index in [0.717, 1.165) is 21.4 Å². The molecule has 0 N–H and O–H groups in total. The zero-order valence-electron chi connectivity index (χ0n) is 11.2. The van der Waals surface area contributed by atoms with Gasteiger partial charge < -0.3 is 9.32 Å². The highest BCUT2D eigenvalue weighted by atomic mass is 79.9. The fourth-order valence-electron chi connectivity index (χ4n) is 1.98. The summed E-state index contributed by atoms with van der Waals surface area (Å²) in [4.78, 5) is 14.1. The molecular formula is C15H16BrNO2. The summed E-state index contributed by atoms with van der Waals surface area (Å²) in [5, 5.41) is 0. The smallest absolute Gasteiger partial charge is 0.253 e. The molecule has 1 aromatic heterocycles. The number of rotatable bonds is 3. The molecule has 0 unspecified atom stereocenters. The fraction of sp³-hybridized carbons (Fsp3) is 0.267. The molecular weight excluding hydrogens is 306 g/mol. The lowest BCUT2D eigenvalue weighted by Crippen LogP contribution is -2.26. The summed E-state index contributed by atoms with van der Waals surface area (Å²) in [5.74, 6) is 0.857. The Morgan fingerprint density at radius 1 is 1.32 bits per heavy atom. The fourth-order valence-corrected chi connectivity index (χ4v) is 2.59. The van der Waals surface area contributed by atoms with Crippen LogP contribution in [0, 0.1) is 13.8 Å². The zero-order chi connectivity index (χ0) is 14.0. The average molecular weight is 322 g/mol. The number of carbonyl (C=O) groups is 1. The van der Waals surface area contributed by atoms with E-state index in [1.165, 1.54) is 0 Å². The number of hydrogen-bond donors (Lipinski definition) is 0. The number of nitrogens with zero attached hydrogens (tertiary/aromatic N) is 1. The molecule has 0 saturated carbocycles. The van der Waals surface area contributed by atoms with Gasteiger partial charge in [0.25, 0.3) is 5.91 Å². The van der Waals surface area contributed by atoms with Crippen LogP contribution in [0.15, 0.2) is 39.4 Å². The van der Waals surface area contributed by atoms with Crippen LogP contribution in [0.3, 0.4) is 0 Å². The Morgan fingerprint density at radius 2 is 2.05 bits per heavy atom. The molecule has 0 radical (unpaired) electrons. The summed E-state index contributed by atoms with van der Waals surface area (Å²) in [5.41, 5.74) is 2.78. The van der Waals surface area contributed by atoms with Gasteiger partial charge in [-0.1, -0.05) is 15.9 Å². The minimum atomic E-state index is 0.00463. The van der Waals surface area contributed by atoms with Crippen molar-refractivity contribution in [2.45, 2.75) is 20.4 Å². The first kappa shape index (κ1) is 13.9. The molecule has 2 aromatic rings. The quantitative estimate of drug-likeness (QED) is 0.858. The topological polar surface area (TPSA) is 33.5 Å². The lowest BCUT2D eigenvalue weighted by atomic mass is 10.1. The minimum absolute atomic E-state index is 0.00463. The summed E-state index contributed by atoms with van der Waals surface area (Å²) in [7, 11) is 1.80. The highest BCUT2D eigenvalue weighted by Gasteiger charge is 2.14. The molecule has 0 fully saturated rings. The molecule has 0 aliphatic rings. The highest BCUT2D eigenvalue weighted by Crippen LogP contribution is 2.18. The molecule has 0 atom stereocenters. The molecule has 19 heavy (non-hydrogen) atoms. The molecule has 4 heteroatoms. The van der Waals surface area contributed by atoms with Crippen molar-refractivity contribution in [3.63, 3.8) is 0 Å². The Morgan fingerprint density at radius 3 is 2.63 bits per heavy atom. The molecule has 0 spiro atoms. The summed E-state index contributed by atoms with van der Waals surface area (Å²) in [6.07, 6.45) is 1.65. The van der Waals surface area contributed by atoms with Crippen molar-refractivity contribution >= 4 is 21.8 Å². The maximum atomic E-state index is 12.4. The molecule has 0 aliphatic heterocycles. The number of aryl methyl sites for hydroxylation is 2. The second-order valence-electron chi connectivity index (χ2n) is 4.68. The molecule has 1 aromatic carbocycles. The monoisotopic (exact) mass is 321 g/mol. The van der Waals surface area contributed by atoms with Gasteiger partial charge in [0.2, 0.25) is 0 Å². The number of hydrogen-bond acceptors (Lipinski definition) is 2. The van der Waals surface area contributed by atoms with E-state index in [1.54, 1.807) is 18.2 Å². The molecule has 2 rings (SSSR count). The van der Waals surface area contributed by atoms with Crippen molar-refractivity contribution in [2.24, 2.45) is 0 Å². The summed E-state index contributed by atoms with van der Waals surface area (Å²) < 4.78 is 6.16. The van der Waals surface area contributed by atoms with Crippen LogP contribution in [-0.2, 0) is 6.54 Å². The van der Waals surface area contributed by atoms with Gasteiger partial charge in [0, 0.05) is 29.2 Å². The van der Waals surface area contributed by atoms with E-state index >= 15 is 0 Å². The zero-order valence-corrected chi connectivity index (χ0v) is 12.8. The van der Waals surface area contributed by atoms with Crippen LogP contribution in [0.2, 0.25) is 0 Å². The molecule has 100 valence electrons. The Bertz CT molecular complexity index is 584. The van der Waals surface area contributed by atoms with Gasteiger partial charge in [0.1, 0.15) is 5.76 Å². The minimum Gasteiger partial charge on any atom is -0.469 e. The summed E-state index contributed by atoms with van der Waals surface area (Å²) in [6, 6.07) is 7.61. The standard InChI is InChI=1S/C15H16BrNO2/c1-10-6-13(8-14(16)7-10)15(18)17(3)9-12-4-5-19-11(12)2/h4-8H,9H2,1-3H3. The van der Waals surface area contributed by atoms with Gasteiger partial charge in [-0.05, 0) is 43.7 Å². The number of furan rings is 1. The SMILES string of the molecule is Cc1cc(Br)cc(C(=O)N(C)Cc2ccoc2C)c1. The van der Waals surface area contributed by atoms with Gasteiger partial charge in [-0.3, -0.25) is 4.79 Å². The molecule has 1 heterocycles. The summed E-state index contributed by atoms with van der Waals surface area (Å²) >= 11 is 3.42. The molecule has 0 bridgehead atoms. The van der Waals surface area contributed by atoms with E-state index in [9.17, 15) is 4.79 Å². The molecule has 1 amide bonds. The number of halogens is 1. The predicted octanol–water partition coefficient (Wildman–Crippen LogP) is 3.93. The van der Waals surface area contributed by atoms with Crippen LogP contribution in [-0.4, -0.2) is 17.9 Å². The van der Waals surface area contributed by atoms with E-state index in [2.05, 4.69) is 15.9 Å². The third kappa shape index (κ3) is 3.26. The lowest BCUT2D eigenvalue weighted by molar-refractivity contribution is 0.0784. The maximum Gasteiger partial charge on any atom is 0.253 e. The van der Waals surface area contributed by atoms with Crippen molar-refractivity contribution in [3.8, 4) is 0 Å². The first-order valence-corrected chi connectivity index (χ1v) is 6.82. The Kier molecular flexibility index (Phi) is 4.10. The van der Waals surface area contributed by atoms with Gasteiger partial charge in [-0.2, -0.15) is 0 Å². The van der Waals surface area contributed by atoms with Gasteiger partial charge in [-0.15, -0.1) is 0 Å². The van der Waals surface area contributed by atoms with Crippen molar-refractivity contribution in [2.75, 3.05) is 7.05 Å². The average Bonchev–Trinajstić information content (AvgIpc) is 2.72. The third-order valence-electron chi connectivity index (χ3n) is 3.01. The van der Waals surface area contributed by atoms with Crippen LogP contribution >= 0.6 is 15.9 Å². The number of amides is 1. The predicted molar refractivity (Wildman–Crippen MR) is 78.1 cm³/mol. The van der Waals surface area contributed by atoms with Crippen molar-refractivity contribution in [1.29, 1.82) is 0 Å². The number of benzene rings is 1. The second-order valence-corrected chi connectivity index (χ2v) is 5.60. The lowest BCUT2D eigenvalue weighted by Gasteiger charge is -2.17. The van der Waals surface area contributed by atoms with Crippen LogP contribution in [0.25, 0.3) is 0 Å². The number of carbonyl (C=O) groups excluding carboxylic acids is 1. The van der Waals surface area contributed by atoms with Gasteiger partial charge >= 0.3 is 0 Å². The third-order valence-corrected chi connectivity index (χ3v) is 3.47. The van der Waals surface area contributed by atoms with Gasteiger partial charge in [0.15, 0.2) is 0 Å². The van der Waals surface area contributed by atoms with E-state index in [-0.39, 0.29) is 5.91 Å².